The van der Waals surface area contributed by atoms with Crippen LogP contribution in [-0.2, 0) is 13.1 Å². The fraction of sp³-hybridized carbons (Fsp3) is 0.231. The molecular formula is C13H13BrN2. The van der Waals surface area contributed by atoms with Gasteiger partial charge < -0.3 is 9.88 Å². The number of rotatable bonds is 1. The van der Waals surface area contributed by atoms with Crippen molar-refractivity contribution in [3.63, 3.8) is 0 Å². The molecule has 3 heteroatoms. The topological polar surface area (TPSA) is 17.0 Å². The zero-order valence-electron chi connectivity index (χ0n) is 8.91. The fourth-order valence-electron chi connectivity index (χ4n) is 2.24. The maximum Gasteiger partial charge on any atom is 0.0483 e. The van der Waals surface area contributed by atoms with Gasteiger partial charge in [0.05, 0.1) is 0 Å². The minimum atomic E-state index is 0.980. The Morgan fingerprint density at radius 3 is 3.00 bits per heavy atom. The van der Waals surface area contributed by atoms with E-state index in [4.69, 9.17) is 0 Å². The van der Waals surface area contributed by atoms with E-state index in [0.29, 0.717) is 0 Å². The lowest BCUT2D eigenvalue weighted by atomic mass is 10.1. The summed E-state index contributed by atoms with van der Waals surface area (Å²) in [6.45, 7) is 3.10. The van der Waals surface area contributed by atoms with Crippen LogP contribution in [0.25, 0.3) is 11.3 Å². The van der Waals surface area contributed by atoms with Gasteiger partial charge in [0.15, 0.2) is 0 Å². The van der Waals surface area contributed by atoms with E-state index in [0.717, 1.165) is 24.1 Å². The first-order valence-corrected chi connectivity index (χ1v) is 6.29. The molecule has 82 valence electrons. The summed E-state index contributed by atoms with van der Waals surface area (Å²) in [5.74, 6) is 0. The Kier molecular flexibility index (Phi) is 2.58. The van der Waals surface area contributed by atoms with Crippen molar-refractivity contribution in [1.82, 2.24) is 9.88 Å². The van der Waals surface area contributed by atoms with Crippen LogP contribution >= 0.6 is 15.9 Å². The van der Waals surface area contributed by atoms with E-state index in [2.05, 4.69) is 62.2 Å². The van der Waals surface area contributed by atoms with Gasteiger partial charge in [0.1, 0.15) is 0 Å². The van der Waals surface area contributed by atoms with Crippen LogP contribution in [0.5, 0.6) is 0 Å². The van der Waals surface area contributed by atoms with Gasteiger partial charge in [-0.3, -0.25) is 0 Å². The highest BCUT2D eigenvalue weighted by Gasteiger charge is 2.12. The Balaban J connectivity index is 2.09. The summed E-state index contributed by atoms with van der Waals surface area (Å²) in [5.41, 5.74) is 3.97. The Bertz CT molecular complexity index is 516. The van der Waals surface area contributed by atoms with Crippen molar-refractivity contribution in [2.24, 2.45) is 0 Å². The zero-order valence-corrected chi connectivity index (χ0v) is 10.5. The van der Waals surface area contributed by atoms with Gasteiger partial charge in [-0.2, -0.15) is 0 Å². The molecule has 0 aliphatic carbocycles. The van der Waals surface area contributed by atoms with E-state index < -0.39 is 0 Å². The van der Waals surface area contributed by atoms with E-state index in [9.17, 15) is 0 Å². The van der Waals surface area contributed by atoms with Crippen molar-refractivity contribution in [3.8, 4) is 11.3 Å². The summed E-state index contributed by atoms with van der Waals surface area (Å²) >= 11 is 3.52. The molecule has 0 atom stereocenters. The number of nitrogens with one attached hydrogen (secondary N) is 1. The molecule has 0 amide bonds. The van der Waals surface area contributed by atoms with Crippen molar-refractivity contribution in [2.45, 2.75) is 13.1 Å². The zero-order chi connectivity index (χ0) is 11.0. The van der Waals surface area contributed by atoms with Crippen LogP contribution < -0.4 is 5.32 Å². The molecule has 0 saturated heterocycles. The molecule has 0 bridgehead atoms. The Morgan fingerprint density at radius 2 is 2.12 bits per heavy atom. The Morgan fingerprint density at radius 1 is 1.19 bits per heavy atom. The lowest BCUT2D eigenvalue weighted by molar-refractivity contribution is 0.520. The number of hydrogen-bond acceptors (Lipinski definition) is 1. The molecule has 2 nitrogen and oxygen atoms in total. The van der Waals surface area contributed by atoms with Crippen LogP contribution in [0.4, 0.5) is 0 Å². The number of fused-ring (bicyclic) bond motifs is 1. The predicted molar refractivity (Wildman–Crippen MR) is 69.3 cm³/mol. The van der Waals surface area contributed by atoms with Gasteiger partial charge in [0.2, 0.25) is 0 Å². The minimum absolute atomic E-state index is 0.980. The average molecular weight is 277 g/mol. The number of nitrogens with zero attached hydrogens (tertiary/aromatic N) is 1. The average Bonchev–Trinajstić information content (AvgIpc) is 2.72. The second-order valence-corrected chi connectivity index (χ2v) is 4.96. The molecule has 0 radical (unpaired) electrons. The standard InChI is InChI=1S/C13H13BrN2/c14-11-3-1-2-10(8-11)13-5-4-12-9-15-6-7-16(12)13/h1-5,8,15H,6-7,9H2. The molecule has 1 N–H and O–H groups in total. The van der Waals surface area contributed by atoms with Crippen LogP contribution in [0.3, 0.4) is 0 Å². The minimum Gasteiger partial charge on any atom is -0.342 e. The first-order chi connectivity index (χ1) is 7.84. The van der Waals surface area contributed by atoms with E-state index in [1.807, 2.05) is 0 Å². The highest BCUT2D eigenvalue weighted by Crippen LogP contribution is 2.26. The third-order valence-corrected chi connectivity index (χ3v) is 3.50. The smallest absolute Gasteiger partial charge is 0.0483 e. The summed E-state index contributed by atoms with van der Waals surface area (Å²) in [6, 6.07) is 12.9. The van der Waals surface area contributed by atoms with E-state index in [1.54, 1.807) is 0 Å². The molecule has 0 unspecified atom stereocenters. The fourth-order valence-corrected chi connectivity index (χ4v) is 2.63. The lowest BCUT2D eigenvalue weighted by Crippen LogP contribution is -2.27. The summed E-state index contributed by atoms with van der Waals surface area (Å²) in [6.07, 6.45) is 0. The van der Waals surface area contributed by atoms with Crippen LogP contribution in [-0.4, -0.2) is 11.1 Å². The summed E-state index contributed by atoms with van der Waals surface area (Å²) in [7, 11) is 0. The third kappa shape index (κ3) is 1.70. The highest BCUT2D eigenvalue weighted by atomic mass is 79.9. The summed E-state index contributed by atoms with van der Waals surface area (Å²) < 4.78 is 3.53. The second-order valence-electron chi connectivity index (χ2n) is 4.05. The molecule has 2 heterocycles. The van der Waals surface area contributed by atoms with E-state index in [1.165, 1.54) is 17.0 Å². The van der Waals surface area contributed by atoms with Gasteiger partial charge in [-0.15, -0.1) is 0 Å². The van der Waals surface area contributed by atoms with Crippen molar-refractivity contribution in [3.05, 3.63) is 46.6 Å². The first-order valence-electron chi connectivity index (χ1n) is 5.50. The summed E-state index contributed by atoms with van der Waals surface area (Å²) in [5, 5.41) is 3.39. The van der Waals surface area contributed by atoms with Crippen molar-refractivity contribution >= 4 is 15.9 Å². The van der Waals surface area contributed by atoms with Crippen LogP contribution in [0.1, 0.15) is 5.69 Å². The lowest BCUT2D eigenvalue weighted by Gasteiger charge is -2.19. The normalized spacial score (nSPS) is 14.8. The number of aromatic nitrogens is 1. The van der Waals surface area contributed by atoms with Crippen LogP contribution in [0, 0.1) is 0 Å². The largest absolute Gasteiger partial charge is 0.342 e. The summed E-state index contributed by atoms with van der Waals surface area (Å²) in [4.78, 5) is 0. The number of benzene rings is 1. The predicted octanol–water partition coefficient (Wildman–Crippen LogP) is 3.02. The van der Waals surface area contributed by atoms with Crippen LogP contribution in [0.15, 0.2) is 40.9 Å². The molecular weight excluding hydrogens is 264 g/mol. The Hall–Kier alpha value is -1.06. The highest BCUT2D eigenvalue weighted by molar-refractivity contribution is 9.10. The number of hydrogen-bond donors (Lipinski definition) is 1. The van der Waals surface area contributed by atoms with E-state index >= 15 is 0 Å². The monoisotopic (exact) mass is 276 g/mol. The maximum atomic E-state index is 3.52. The van der Waals surface area contributed by atoms with Gasteiger partial charge in [-0.05, 0) is 29.8 Å². The molecule has 3 rings (SSSR count). The molecule has 1 aliphatic rings. The van der Waals surface area contributed by atoms with Crippen LogP contribution in [0.2, 0.25) is 0 Å². The maximum absolute atomic E-state index is 3.52. The quantitative estimate of drug-likeness (QED) is 0.847. The number of halogens is 1. The second kappa shape index (κ2) is 4.07. The third-order valence-electron chi connectivity index (χ3n) is 3.01. The van der Waals surface area contributed by atoms with Gasteiger partial charge in [0, 0.05) is 35.5 Å². The van der Waals surface area contributed by atoms with Crippen molar-refractivity contribution in [1.29, 1.82) is 0 Å². The molecule has 0 spiro atoms. The molecule has 1 aromatic carbocycles. The van der Waals surface area contributed by atoms with Crippen molar-refractivity contribution < 1.29 is 0 Å². The van der Waals surface area contributed by atoms with Gasteiger partial charge in [-0.1, -0.05) is 28.1 Å². The molecule has 0 fully saturated rings. The molecule has 2 aromatic rings. The molecule has 1 aromatic heterocycles. The SMILES string of the molecule is Brc1cccc(-c2ccc3n2CCNC3)c1. The van der Waals surface area contributed by atoms with Gasteiger partial charge in [0.25, 0.3) is 0 Å². The van der Waals surface area contributed by atoms with Crippen molar-refractivity contribution in [2.75, 3.05) is 6.54 Å². The molecule has 16 heavy (non-hydrogen) atoms. The molecule has 1 aliphatic heterocycles. The van der Waals surface area contributed by atoms with Gasteiger partial charge in [-0.25, -0.2) is 0 Å². The first kappa shape index (κ1) is 10.1. The van der Waals surface area contributed by atoms with E-state index in [-0.39, 0.29) is 0 Å². The van der Waals surface area contributed by atoms with Gasteiger partial charge >= 0.3 is 0 Å². The molecule has 0 saturated carbocycles. The Labute approximate surface area is 103 Å².